The van der Waals surface area contributed by atoms with E-state index in [2.05, 4.69) is 0 Å². The van der Waals surface area contributed by atoms with Gasteiger partial charge in [0, 0.05) is 17.2 Å². The van der Waals surface area contributed by atoms with Crippen LogP contribution in [-0.4, -0.2) is 4.92 Å². The molecule has 0 saturated heterocycles. The van der Waals surface area contributed by atoms with Gasteiger partial charge in [0.25, 0.3) is 5.69 Å². The standard InChI is InChI=1S/C11H9ClN2O2/c1-7-5-9(11(12)8(2)6-13)3-4-10(7)14(15)16/h3-5H,1-2H3. The van der Waals surface area contributed by atoms with Gasteiger partial charge in [-0.15, -0.1) is 0 Å². The Bertz CT molecular complexity index is 515. The summed E-state index contributed by atoms with van der Waals surface area (Å²) in [4.78, 5) is 10.2. The van der Waals surface area contributed by atoms with Gasteiger partial charge in [-0.3, -0.25) is 10.1 Å². The van der Waals surface area contributed by atoms with Gasteiger partial charge in [0.15, 0.2) is 0 Å². The number of nitriles is 1. The molecule has 0 atom stereocenters. The van der Waals surface area contributed by atoms with Gasteiger partial charge in [-0.25, -0.2) is 0 Å². The van der Waals surface area contributed by atoms with Crippen molar-refractivity contribution >= 4 is 22.3 Å². The molecule has 16 heavy (non-hydrogen) atoms. The van der Waals surface area contributed by atoms with Crippen molar-refractivity contribution < 1.29 is 4.92 Å². The normalized spacial score (nSPS) is 11.6. The number of benzene rings is 1. The van der Waals surface area contributed by atoms with Gasteiger partial charge in [-0.1, -0.05) is 11.6 Å². The molecule has 4 nitrogen and oxygen atoms in total. The van der Waals surface area contributed by atoms with Crippen molar-refractivity contribution in [3.05, 3.63) is 45.0 Å². The lowest BCUT2D eigenvalue weighted by Crippen LogP contribution is -1.92. The molecule has 0 aliphatic heterocycles. The maximum absolute atomic E-state index is 10.6. The monoisotopic (exact) mass is 236 g/mol. The molecule has 0 unspecified atom stereocenters. The number of nitro benzene ring substituents is 1. The summed E-state index contributed by atoms with van der Waals surface area (Å²) in [6.07, 6.45) is 0. The molecule has 0 spiro atoms. The molecule has 82 valence electrons. The number of rotatable bonds is 2. The molecule has 5 heteroatoms. The van der Waals surface area contributed by atoms with Crippen molar-refractivity contribution in [1.29, 1.82) is 5.26 Å². The lowest BCUT2D eigenvalue weighted by atomic mass is 10.1. The second-order valence-corrected chi connectivity index (χ2v) is 3.69. The predicted molar refractivity (Wildman–Crippen MR) is 61.9 cm³/mol. The van der Waals surface area contributed by atoms with E-state index < -0.39 is 4.92 Å². The van der Waals surface area contributed by atoms with Crippen LogP contribution in [0.15, 0.2) is 23.8 Å². The first-order chi connectivity index (χ1) is 7.47. The summed E-state index contributed by atoms with van der Waals surface area (Å²) < 4.78 is 0. The molecule has 0 N–H and O–H groups in total. The Hall–Kier alpha value is -1.86. The molecule has 0 amide bonds. The number of nitro groups is 1. The smallest absolute Gasteiger partial charge is 0.258 e. The third-order valence-corrected chi connectivity index (χ3v) is 2.65. The van der Waals surface area contributed by atoms with Crippen LogP contribution in [0.4, 0.5) is 5.69 Å². The topological polar surface area (TPSA) is 66.9 Å². The van der Waals surface area contributed by atoms with Gasteiger partial charge < -0.3 is 0 Å². The molecule has 0 heterocycles. The highest BCUT2D eigenvalue weighted by Gasteiger charge is 2.12. The fraction of sp³-hybridized carbons (Fsp3) is 0.182. The molecular formula is C11H9ClN2O2. The molecule has 0 aliphatic rings. The Balaban J connectivity index is 3.28. The van der Waals surface area contributed by atoms with Crippen molar-refractivity contribution in [2.75, 3.05) is 0 Å². The van der Waals surface area contributed by atoms with Crippen LogP contribution in [0, 0.1) is 28.4 Å². The molecule has 0 saturated carbocycles. The number of allylic oxidation sites excluding steroid dienone is 1. The fourth-order valence-corrected chi connectivity index (χ4v) is 1.42. The van der Waals surface area contributed by atoms with Crippen molar-refractivity contribution in [2.45, 2.75) is 13.8 Å². The zero-order chi connectivity index (χ0) is 12.3. The van der Waals surface area contributed by atoms with Crippen molar-refractivity contribution in [1.82, 2.24) is 0 Å². The van der Waals surface area contributed by atoms with E-state index >= 15 is 0 Å². The van der Waals surface area contributed by atoms with Crippen molar-refractivity contribution in [3.8, 4) is 6.07 Å². The van der Waals surface area contributed by atoms with Gasteiger partial charge >= 0.3 is 0 Å². The van der Waals surface area contributed by atoms with Crippen LogP contribution in [0.2, 0.25) is 0 Å². The molecule has 0 fully saturated rings. The SMILES string of the molecule is CC(C#N)=C(Cl)c1ccc([N+](=O)[O-])c(C)c1. The van der Waals surface area contributed by atoms with Gasteiger partial charge in [-0.05, 0) is 31.5 Å². The molecule has 1 aromatic rings. The molecule has 0 aromatic heterocycles. The second kappa shape index (κ2) is 4.77. The highest BCUT2D eigenvalue weighted by molar-refractivity contribution is 6.49. The minimum Gasteiger partial charge on any atom is -0.258 e. The van der Waals surface area contributed by atoms with E-state index in [1.807, 2.05) is 6.07 Å². The number of halogens is 1. The summed E-state index contributed by atoms with van der Waals surface area (Å²) in [6.45, 7) is 3.23. The Morgan fingerprint density at radius 3 is 2.62 bits per heavy atom. The molecule has 0 bridgehead atoms. The lowest BCUT2D eigenvalue weighted by molar-refractivity contribution is -0.385. The second-order valence-electron chi connectivity index (χ2n) is 3.31. The number of aryl methyl sites for hydroxylation is 1. The highest BCUT2D eigenvalue weighted by Crippen LogP contribution is 2.27. The number of hydrogen-bond donors (Lipinski definition) is 0. The van der Waals surface area contributed by atoms with Crippen LogP contribution in [0.3, 0.4) is 0 Å². The van der Waals surface area contributed by atoms with Crippen LogP contribution in [0.1, 0.15) is 18.1 Å². The van der Waals surface area contributed by atoms with Crippen LogP contribution in [0.25, 0.3) is 5.03 Å². The molecule has 0 aliphatic carbocycles. The largest absolute Gasteiger partial charge is 0.272 e. The van der Waals surface area contributed by atoms with E-state index in [-0.39, 0.29) is 5.69 Å². The summed E-state index contributed by atoms with van der Waals surface area (Å²) in [5.41, 5.74) is 1.56. The zero-order valence-electron chi connectivity index (χ0n) is 8.82. The van der Waals surface area contributed by atoms with Crippen molar-refractivity contribution in [3.63, 3.8) is 0 Å². The van der Waals surface area contributed by atoms with E-state index in [1.165, 1.54) is 12.1 Å². The summed E-state index contributed by atoms with van der Waals surface area (Å²) >= 11 is 5.95. The van der Waals surface area contributed by atoms with Gasteiger partial charge in [0.05, 0.1) is 16.0 Å². The van der Waals surface area contributed by atoms with Crippen molar-refractivity contribution in [2.24, 2.45) is 0 Å². The van der Waals surface area contributed by atoms with E-state index in [0.29, 0.717) is 21.7 Å². The minimum absolute atomic E-state index is 0.0443. The van der Waals surface area contributed by atoms with Gasteiger partial charge in [0.2, 0.25) is 0 Å². The van der Waals surface area contributed by atoms with Gasteiger partial charge in [-0.2, -0.15) is 5.26 Å². The number of nitrogens with zero attached hydrogens (tertiary/aromatic N) is 2. The average molecular weight is 237 g/mol. The van der Waals surface area contributed by atoms with E-state index in [1.54, 1.807) is 19.9 Å². The Labute approximate surface area is 97.9 Å². The molecule has 0 radical (unpaired) electrons. The predicted octanol–water partition coefficient (Wildman–Crippen LogP) is 3.40. The lowest BCUT2D eigenvalue weighted by Gasteiger charge is -2.02. The van der Waals surface area contributed by atoms with Gasteiger partial charge in [0.1, 0.15) is 0 Å². The quantitative estimate of drug-likeness (QED) is 0.449. The fourth-order valence-electron chi connectivity index (χ4n) is 1.26. The average Bonchev–Trinajstić information content (AvgIpc) is 2.26. The first kappa shape index (κ1) is 12.2. The Morgan fingerprint density at radius 2 is 2.19 bits per heavy atom. The Morgan fingerprint density at radius 1 is 1.56 bits per heavy atom. The summed E-state index contributed by atoms with van der Waals surface area (Å²) in [5, 5.41) is 19.6. The van der Waals surface area contributed by atoms with E-state index in [4.69, 9.17) is 16.9 Å². The maximum atomic E-state index is 10.6. The zero-order valence-corrected chi connectivity index (χ0v) is 9.58. The first-order valence-electron chi connectivity index (χ1n) is 4.49. The third-order valence-electron chi connectivity index (χ3n) is 2.14. The molecular weight excluding hydrogens is 228 g/mol. The van der Waals surface area contributed by atoms with Crippen LogP contribution in [0.5, 0.6) is 0 Å². The molecule has 1 aromatic carbocycles. The summed E-state index contributed by atoms with van der Waals surface area (Å²) in [7, 11) is 0. The molecule has 1 rings (SSSR count). The third kappa shape index (κ3) is 2.38. The summed E-state index contributed by atoms with van der Waals surface area (Å²) in [6, 6.07) is 6.45. The first-order valence-corrected chi connectivity index (χ1v) is 4.87. The minimum atomic E-state index is -0.451. The van der Waals surface area contributed by atoms with E-state index in [0.717, 1.165) is 0 Å². The van der Waals surface area contributed by atoms with Crippen LogP contribution >= 0.6 is 11.6 Å². The highest BCUT2D eigenvalue weighted by atomic mass is 35.5. The maximum Gasteiger partial charge on any atom is 0.272 e. The Kier molecular flexibility index (Phi) is 3.64. The van der Waals surface area contributed by atoms with Crippen LogP contribution < -0.4 is 0 Å². The van der Waals surface area contributed by atoms with E-state index in [9.17, 15) is 10.1 Å². The summed E-state index contributed by atoms with van der Waals surface area (Å²) in [5.74, 6) is 0. The number of hydrogen-bond acceptors (Lipinski definition) is 3. The van der Waals surface area contributed by atoms with Crippen LogP contribution in [-0.2, 0) is 0 Å².